The van der Waals surface area contributed by atoms with E-state index in [4.69, 9.17) is 0 Å². The van der Waals surface area contributed by atoms with Gasteiger partial charge in [-0.15, -0.1) is 11.3 Å². The van der Waals surface area contributed by atoms with Gasteiger partial charge in [-0.3, -0.25) is 9.59 Å². The predicted molar refractivity (Wildman–Crippen MR) is 83.7 cm³/mol. The Bertz CT molecular complexity index is 650. The van der Waals surface area contributed by atoms with Gasteiger partial charge in [0.15, 0.2) is 0 Å². The number of ether oxygens (including phenoxy) is 2. The first kappa shape index (κ1) is 18.6. The molecule has 0 aliphatic rings. The largest absolute Gasteiger partial charge is 0.465 e. The minimum atomic E-state index is -1.07. The van der Waals surface area contributed by atoms with Gasteiger partial charge in [0.05, 0.1) is 24.2 Å². The van der Waals surface area contributed by atoms with Gasteiger partial charge in [-0.25, -0.2) is 9.59 Å². The van der Waals surface area contributed by atoms with Crippen LogP contribution in [-0.2, 0) is 19.1 Å². The number of hydrogen-bond donors (Lipinski definition) is 1. The fraction of sp³-hybridized carbons (Fsp3) is 0.429. The van der Waals surface area contributed by atoms with E-state index in [9.17, 15) is 19.2 Å². The quantitative estimate of drug-likeness (QED) is 0.648. The van der Waals surface area contributed by atoms with Crippen LogP contribution >= 0.6 is 11.3 Å². The van der Waals surface area contributed by atoms with Gasteiger partial charge in [-0.2, -0.15) is 0 Å². The normalized spacial score (nSPS) is 9.96. The molecule has 1 aromatic heterocycles. The summed E-state index contributed by atoms with van der Waals surface area (Å²) < 4.78 is 9.26. The van der Waals surface area contributed by atoms with Crippen LogP contribution in [0.3, 0.4) is 0 Å². The second-order valence-electron chi connectivity index (χ2n) is 4.63. The SMILES string of the molecule is CCOC(=O)C(=O)Nc1sc(C(=O)N(C)C)c(C)c1C(=O)OC. The van der Waals surface area contributed by atoms with E-state index >= 15 is 0 Å². The molecule has 0 spiro atoms. The van der Waals surface area contributed by atoms with E-state index in [1.54, 1.807) is 27.9 Å². The highest BCUT2D eigenvalue weighted by Gasteiger charge is 2.28. The molecular formula is C14H18N2O6S. The number of carbonyl (C=O) groups excluding carboxylic acids is 4. The number of carbonyl (C=O) groups is 4. The molecule has 0 unspecified atom stereocenters. The van der Waals surface area contributed by atoms with Gasteiger partial charge in [-0.05, 0) is 19.4 Å². The topological polar surface area (TPSA) is 102 Å². The molecule has 1 heterocycles. The van der Waals surface area contributed by atoms with Crippen LogP contribution in [0.2, 0.25) is 0 Å². The van der Waals surface area contributed by atoms with Crippen molar-refractivity contribution >= 4 is 40.1 Å². The molecule has 0 radical (unpaired) electrons. The smallest absolute Gasteiger partial charge is 0.397 e. The zero-order valence-corrected chi connectivity index (χ0v) is 14.3. The third kappa shape index (κ3) is 4.07. The summed E-state index contributed by atoms with van der Waals surface area (Å²) in [6.45, 7) is 3.18. The maximum atomic E-state index is 12.1. The molecule has 0 atom stereocenters. The fourth-order valence-corrected chi connectivity index (χ4v) is 2.92. The number of nitrogens with one attached hydrogen (secondary N) is 1. The summed E-state index contributed by atoms with van der Waals surface area (Å²) in [7, 11) is 4.32. The predicted octanol–water partition coefficient (Wildman–Crippen LogP) is 1.05. The van der Waals surface area contributed by atoms with E-state index in [2.05, 4.69) is 14.8 Å². The Morgan fingerprint density at radius 1 is 1.22 bits per heavy atom. The Kier molecular flexibility index (Phi) is 6.26. The summed E-state index contributed by atoms with van der Waals surface area (Å²) in [5.74, 6) is -3.14. The molecule has 8 nitrogen and oxygen atoms in total. The maximum absolute atomic E-state index is 12.1. The van der Waals surface area contributed by atoms with E-state index < -0.39 is 17.8 Å². The first-order chi connectivity index (χ1) is 10.7. The lowest BCUT2D eigenvalue weighted by atomic mass is 10.1. The molecule has 126 valence electrons. The summed E-state index contributed by atoms with van der Waals surface area (Å²) in [6, 6.07) is 0. The molecule has 23 heavy (non-hydrogen) atoms. The molecule has 1 rings (SSSR count). The number of rotatable bonds is 4. The van der Waals surface area contributed by atoms with Crippen molar-refractivity contribution in [3.8, 4) is 0 Å². The van der Waals surface area contributed by atoms with Crippen molar-refractivity contribution in [2.24, 2.45) is 0 Å². The molecule has 2 amide bonds. The Morgan fingerprint density at radius 3 is 2.30 bits per heavy atom. The molecule has 1 aromatic rings. The number of anilines is 1. The summed E-state index contributed by atoms with van der Waals surface area (Å²) in [5, 5.41) is 2.37. The highest BCUT2D eigenvalue weighted by atomic mass is 32.1. The van der Waals surface area contributed by atoms with Gasteiger partial charge < -0.3 is 19.7 Å². The first-order valence-electron chi connectivity index (χ1n) is 6.66. The summed E-state index contributed by atoms with van der Waals surface area (Å²) in [5.41, 5.74) is 0.417. The minimum Gasteiger partial charge on any atom is -0.465 e. The lowest BCUT2D eigenvalue weighted by Gasteiger charge is -2.08. The Balaban J connectivity index is 3.27. The highest BCUT2D eigenvalue weighted by Crippen LogP contribution is 2.34. The van der Waals surface area contributed by atoms with Gasteiger partial charge in [0.2, 0.25) is 0 Å². The monoisotopic (exact) mass is 342 g/mol. The van der Waals surface area contributed by atoms with Crippen molar-refractivity contribution in [2.45, 2.75) is 13.8 Å². The Labute approximate surface area is 137 Å². The van der Waals surface area contributed by atoms with Gasteiger partial charge >= 0.3 is 17.8 Å². The van der Waals surface area contributed by atoms with Crippen LogP contribution < -0.4 is 5.32 Å². The van der Waals surface area contributed by atoms with Crippen LogP contribution in [0.5, 0.6) is 0 Å². The van der Waals surface area contributed by atoms with E-state index in [0.29, 0.717) is 5.56 Å². The molecule has 0 aliphatic carbocycles. The summed E-state index contributed by atoms with van der Waals surface area (Å²) in [4.78, 5) is 48.9. The number of methoxy groups -OCH3 is 1. The van der Waals surface area contributed by atoms with Crippen LogP contribution in [0.4, 0.5) is 5.00 Å². The third-order valence-corrected chi connectivity index (χ3v) is 4.02. The molecular weight excluding hydrogens is 324 g/mol. The lowest BCUT2D eigenvalue weighted by Crippen LogP contribution is -2.25. The maximum Gasteiger partial charge on any atom is 0.397 e. The average Bonchev–Trinajstić information content (AvgIpc) is 2.82. The molecule has 0 fully saturated rings. The van der Waals surface area contributed by atoms with Crippen LogP contribution in [-0.4, -0.2) is 56.5 Å². The molecule has 0 bridgehead atoms. The van der Waals surface area contributed by atoms with E-state index in [-0.39, 0.29) is 28.0 Å². The van der Waals surface area contributed by atoms with E-state index in [0.717, 1.165) is 11.3 Å². The van der Waals surface area contributed by atoms with Crippen molar-refractivity contribution < 1.29 is 28.7 Å². The third-order valence-electron chi connectivity index (χ3n) is 2.82. The second kappa shape index (κ2) is 7.73. The second-order valence-corrected chi connectivity index (χ2v) is 5.65. The van der Waals surface area contributed by atoms with Crippen LogP contribution in [0.15, 0.2) is 0 Å². The van der Waals surface area contributed by atoms with Crippen LogP contribution in [0.25, 0.3) is 0 Å². The van der Waals surface area contributed by atoms with Crippen molar-refractivity contribution in [3.05, 3.63) is 16.0 Å². The zero-order valence-electron chi connectivity index (χ0n) is 13.5. The van der Waals surface area contributed by atoms with E-state index in [1.807, 2.05) is 0 Å². The van der Waals surface area contributed by atoms with Crippen molar-refractivity contribution in [3.63, 3.8) is 0 Å². The lowest BCUT2D eigenvalue weighted by molar-refractivity contribution is -0.152. The van der Waals surface area contributed by atoms with Gasteiger partial charge in [0.1, 0.15) is 5.00 Å². The number of esters is 2. The van der Waals surface area contributed by atoms with Crippen molar-refractivity contribution in [2.75, 3.05) is 33.1 Å². The minimum absolute atomic E-state index is 0.0420. The van der Waals surface area contributed by atoms with Crippen molar-refractivity contribution in [1.82, 2.24) is 4.90 Å². The molecule has 0 saturated heterocycles. The molecule has 1 N–H and O–H groups in total. The van der Waals surface area contributed by atoms with Crippen molar-refractivity contribution in [1.29, 1.82) is 0 Å². The van der Waals surface area contributed by atoms with Crippen LogP contribution in [0.1, 0.15) is 32.5 Å². The number of hydrogen-bond acceptors (Lipinski definition) is 7. The Morgan fingerprint density at radius 2 is 1.83 bits per heavy atom. The zero-order chi connectivity index (χ0) is 17.7. The van der Waals surface area contributed by atoms with Gasteiger partial charge in [0.25, 0.3) is 5.91 Å². The number of amides is 2. The fourth-order valence-electron chi connectivity index (χ4n) is 1.71. The van der Waals surface area contributed by atoms with E-state index in [1.165, 1.54) is 12.0 Å². The molecule has 0 aliphatic heterocycles. The standard InChI is InChI=1S/C14H18N2O6S/c1-6-22-14(20)10(17)15-11-8(13(19)21-5)7(2)9(23-11)12(18)16(3)4/h6H2,1-5H3,(H,15,17). The number of nitrogens with zero attached hydrogens (tertiary/aromatic N) is 1. The summed E-state index contributed by atoms with van der Waals surface area (Å²) in [6.07, 6.45) is 0. The Hall–Kier alpha value is -2.42. The average molecular weight is 342 g/mol. The molecule has 0 aromatic carbocycles. The summed E-state index contributed by atoms with van der Waals surface area (Å²) >= 11 is 0.898. The highest BCUT2D eigenvalue weighted by molar-refractivity contribution is 7.18. The van der Waals surface area contributed by atoms with Crippen LogP contribution in [0, 0.1) is 6.92 Å². The molecule has 0 saturated carbocycles. The first-order valence-corrected chi connectivity index (χ1v) is 7.47. The number of thiophene rings is 1. The molecule has 9 heteroatoms. The van der Waals surface area contributed by atoms with Gasteiger partial charge in [0, 0.05) is 14.1 Å². The van der Waals surface area contributed by atoms with Gasteiger partial charge in [-0.1, -0.05) is 0 Å².